The molecule has 1 aliphatic heterocycles. The van der Waals surface area contributed by atoms with Gasteiger partial charge in [-0.15, -0.1) is 0 Å². The van der Waals surface area contributed by atoms with Gasteiger partial charge in [0, 0.05) is 0 Å². The fourth-order valence-corrected chi connectivity index (χ4v) is 2.33. The summed E-state index contributed by atoms with van der Waals surface area (Å²) in [5.41, 5.74) is -1.32. The van der Waals surface area contributed by atoms with Crippen molar-refractivity contribution in [1.29, 1.82) is 0 Å². The number of barbiturate groups is 1. The van der Waals surface area contributed by atoms with Gasteiger partial charge in [-0.05, 0) is 16.8 Å². The van der Waals surface area contributed by atoms with Crippen molar-refractivity contribution in [1.82, 2.24) is 4.90 Å². The molecule has 1 aliphatic rings. The van der Waals surface area contributed by atoms with Crippen molar-refractivity contribution < 1.29 is 43.9 Å². The van der Waals surface area contributed by atoms with Crippen LogP contribution in [0.1, 0.15) is 20.3 Å². The predicted octanol–water partition coefficient (Wildman–Crippen LogP) is -0.576. The average molecular weight is 325 g/mol. The number of imide groups is 2. The molecule has 7 heteroatoms. The average Bonchev–Trinajstić information content (AvgIpc) is 2.20. The smallest absolute Gasteiger partial charge is 0.384 e. The molecule has 1 atom stereocenters. The summed E-state index contributed by atoms with van der Waals surface area (Å²) >= 11 is 3.16. The zero-order valence-corrected chi connectivity index (χ0v) is 14.6. The topological polar surface area (TPSA) is 68.6 Å². The molecule has 1 rings (SSSR count). The van der Waals surface area contributed by atoms with Crippen molar-refractivity contribution in [3.63, 3.8) is 0 Å². The van der Waals surface area contributed by atoms with Crippen LogP contribution in [0, 0.1) is 11.3 Å². The molecule has 0 aromatic heterocycles. The van der Waals surface area contributed by atoms with Gasteiger partial charge in [-0.2, -0.15) is 0 Å². The molecular formula is C11H14BrN2NaO3. The molecule has 0 aliphatic carbocycles. The molecule has 1 heterocycles. The minimum Gasteiger partial charge on any atom is -0.384 e. The molecule has 5 nitrogen and oxygen atoms in total. The zero-order valence-electron chi connectivity index (χ0n) is 11.0. The number of amides is 4. The van der Waals surface area contributed by atoms with Crippen LogP contribution in [0.5, 0.6) is 0 Å². The minimum atomic E-state index is -1.32. The number of hydrogen-bond acceptors (Lipinski definition) is 3. The van der Waals surface area contributed by atoms with E-state index in [1.165, 1.54) is 7.05 Å². The first-order valence-electron chi connectivity index (χ1n) is 5.15. The number of nitrogens with zero attached hydrogens (tertiary/aromatic N) is 2. The zero-order chi connectivity index (χ0) is 13.4. The van der Waals surface area contributed by atoms with Gasteiger partial charge < -0.3 is 10.2 Å². The quantitative estimate of drug-likeness (QED) is 0.515. The first-order chi connectivity index (χ1) is 7.73. The third-order valence-electron chi connectivity index (χ3n) is 3.01. The van der Waals surface area contributed by atoms with Crippen molar-refractivity contribution >= 4 is 33.8 Å². The molecular weight excluding hydrogens is 311 g/mol. The first kappa shape index (κ1) is 17.8. The summed E-state index contributed by atoms with van der Waals surface area (Å²) in [7, 11) is 1.33. The van der Waals surface area contributed by atoms with E-state index in [9.17, 15) is 14.4 Å². The number of allylic oxidation sites excluding steroid dienone is 1. The second-order valence-electron chi connectivity index (χ2n) is 4.38. The molecule has 0 saturated carbocycles. The molecule has 0 N–H and O–H groups in total. The second kappa shape index (κ2) is 6.32. The first-order valence-corrected chi connectivity index (χ1v) is 5.94. The molecule has 1 fully saturated rings. The molecule has 0 aromatic carbocycles. The van der Waals surface area contributed by atoms with Crippen LogP contribution in [0.25, 0.3) is 5.32 Å². The maximum Gasteiger partial charge on any atom is 1.00 e. The van der Waals surface area contributed by atoms with E-state index in [1.54, 1.807) is 13.8 Å². The van der Waals surface area contributed by atoms with Gasteiger partial charge in [-0.1, -0.05) is 43.4 Å². The van der Waals surface area contributed by atoms with Gasteiger partial charge in [-0.25, -0.2) is 0 Å². The summed E-state index contributed by atoms with van der Waals surface area (Å²) in [4.78, 5) is 36.4. The van der Waals surface area contributed by atoms with Gasteiger partial charge in [0.25, 0.3) is 0 Å². The van der Waals surface area contributed by atoms with E-state index in [4.69, 9.17) is 0 Å². The Bertz CT molecular complexity index is 411. The van der Waals surface area contributed by atoms with Crippen molar-refractivity contribution in [3.8, 4) is 0 Å². The maximum atomic E-state index is 12.2. The summed E-state index contributed by atoms with van der Waals surface area (Å²) in [5.74, 6) is -1.46. The van der Waals surface area contributed by atoms with E-state index in [0.29, 0.717) is 4.48 Å². The Kier molecular flexibility index (Phi) is 6.26. The van der Waals surface area contributed by atoms with Crippen LogP contribution >= 0.6 is 15.9 Å². The van der Waals surface area contributed by atoms with Gasteiger partial charge in [0.15, 0.2) is 17.8 Å². The molecule has 1 saturated heterocycles. The summed E-state index contributed by atoms with van der Waals surface area (Å²) in [6, 6.07) is -0.809. The molecule has 18 heavy (non-hydrogen) atoms. The number of carbonyl (C=O) groups is 3. The van der Waals surface area contributed by atoms with Crippen LogP contribution in [-0.2, 0) is 9.59 Å². The van der Waals surface area contributed by atoms with Crippen molar-refractivity contribution in [2.24, 2.45) is 11.3 Å². The van der Waals surface area contributed by atoms with E-state index in [0.717, 1.165) is 4.90 Å². The maximum absolute atomic E-state index is 12.2. The van der Waals surface area contributed by atoms with Crippen LogP contribution < -0.4 is 29.6 Å². The van der Waals surface area contributed by atoms with E-state index in [2.05, 4.69) is 27.8 Å². The Hall–Kier alpha value is -0.170. The number of rotatable bonds is 3. The molecule has 1 unspecified atom stereocenters. The summed E-state index contributed by atoms with van der Waals surface area (Å²) in [5, 5.41) is 3.41. The summed E-state index contributed by atoms with van der Waals surface area (Å²) < 4.78 is 0.533. The Labute approximate surface area is 137 Å². The number of hydrogen-bond donors (Lipinski definition) is 0. The van der Waals surface area contributed by atoms with Crippen LogP contribution in [0.3, 0.4) is 0 Å². The fourth-order valence-electron chi connectivity index (χ4n) is 1.89. The van der Waals surface area contributed by atoms with E-state index in [-0.39, 0.29) is 41.9 Å². The second-order valence-corrected chi connectivity index (χ2v) is 5.51. The fraction of sp³-hybridized carbons (Fsp3) is 0.545. The molecule has 94 valence electrons. The third kappa shape index (κ3) is 2.87. The largest absolute Gasteiger partial charge is 1.00 e. The summed E-state index contributed by atoms with van der Waals surface area (Å²) in [6.45, 7) is 7.17. The molecule has 0 spiro atoms. The van der Waals surface area contributed by atoms with Gasteiger partial charge in [-0.3, -0.25) is 14.4 Å². The predicted molar refractivity (Wildman–Crippen MR) is 66.5 cm³/mol. The van der Waals surface area contributed by atoms with Crippen LogP contribution in [0.4, 0.5) is 4.79 Å². The molecule has 0 aromatic rings. The number of carbonyl (C=O) groups excluding carboxylic acids is 3. The number of halogens is 1. The molecule has 0 bridgehead atoms. The van der Waals surface area contributed by atoms with Crippen molar-refractivity contribution in [3.05, 3.63) is 16.4 Å². The van der Waals surface area contributed by atoms with Crippen LogP contribution in [-0.4, -0.2) is 29.8 Å². The SMILES string of the molecule is C=C(Br)CC1(C(C)C)C(=O)[N-]C(=O)N(C)C1=O.[Na+]. The Morgan fingerprint density at radius 2 is 1.94 bits per heavy atom. The third-order valence-corrected chi connectivity index (χ3v) is 3.29. The van der Waals surface area contributed by atoms with Crippen LogP contribution in [0.15, 0.2) is 11.1 Å². The Morgan fingerprint density at radius 1 is 1.44 bits per heavy atom. The van der Waals surface area contributed by atoms with E-state index in [1.807, 2.05) is 0 Å². The summed E-state index contributed by atoms with van der Waals surface area (Å²) in [6.07, 6.45) is 0.142. The van der Waals surface area contributed by atoms with Crippen molar-refractivity contribution in [2.75, 3.05) is 7.05 Å². The normalized spacial score (nSPS) is 23.8. The Morgan fingerprint density at radius 3 is 2.33 bits per heavy atom. The monoisotopic (exact) mass is 324 g/mol. The van der Waals surface area contributed by atoms with E-state index < -0.39 is 23.3 Å². The van der Waals surface area contributed by atoms with Crippen LogP contribution in [0.2, 0.25) is 0 Å². The Balaban J connectivity index is 0.00000289. The minimum absolute atomic E-state index is 0. The molecule has 0 radical (unpaired) electrons. The molecule has 4 amide bonds. The van der Waals surface area contributed by atoms with Gasteiger partial charge in [0.1, 0.15) is 0 Å². The van der Waals surface area contributed by atoms with Crippen molar-refractivity contribution in [2.45, 2.75) is 20.3 Å². The van der Waals surface area contributed by atoms with Gasteiger partial charge in [0.2, 0.25) is 0 Å². The number of urea groups is 1. The van der Waals surface area contributed by atoms with Gasteiger partial charge in [0.05, 0.1) is 5.41 Å². The standard InChI is InChI=1S/C11H15BrN2O3.Na/c1-6(2)11(5-7(3)12)8(15)13-10(17)14(4)9(11)16;/h6H,3,5H2,1-2,4H3,(H,13,15,17);/q;+1/p-1. The van der Waals surface area contributed by atoms with Gasteiger partial charge >= 0.3 is 29.6 Å². The van der Waals surface area contributed by atoms with E-state index >= 15 is 0 Å².